The van der Waals surface area contributed by atoms with Gasteiger partial charge < -0.3 is 15.3 Å². The van der Waals surface area contributed by atoms with Gasteiger partial charge in [0.05, 0.1) is 18.3 Å². The minimum absolute atomic E-state index is 0.0547. The van der Waals surface area contributed by atoms with Gasteiger partial charge in [-0.05, 0) is 67.4 Å². The van der Waals surface area contributed by atoms with E-state index in [2.05, 4.69) is 25.3 Å². The number of likely N-dealkylation sites (tertiary alicyclic amines) is 1. The average molecular weight is 360 g/mol. The zero-order chi connectivity index (χ0) is 18.2. The number of piperidine rings is 1. The molecule has 0 aromatic carbocycles. The van der Waals surface area contributed by atoms with Crippen molar-refractivity contribution < 1.29 is 15.3 Å². The molecule has 11 atom stereocenters. The summed E-state index contributed by atoms with van der Waals surface area (Å²) in [4.78, 5) is 2.65. The van der Waals surface area contributed by atoms with Gasteiger partial charge in [0.2, 0.25) is 0 Å². The van der Waals surface area contributed by atoms with Crippen molar-refractivity contribution in [1.82, 2.24) is 4.90 Å². The van der Waals surface area contributed by atoms with Gasteiger partial charge in [0.25, 0.3) is 0 Å². The standard InChI is InChI=1S/C22H33NO3/c1-4-23-10-20(3)6-5-17(25)22-15(20)7-13(18(22)23)21-9-12(11(2)19(21)26)14(24)8-16(21)22/h12-19,24-26H,2,4-10H2,1,3H3/t12-,13-,14+,15+,16+,17-,18+,19-,20-,21+,22-/m1/s1. The van der Waals surface area contributed by atoms with E-state index in [0.29, 0.717) is 17.9 Å². The summed E-state index contributed by atoms with van der Waals surface area (Å²) in [5.74, 6) is 1.26. The molecule has 0 radical (unpaired) electrons. The topological polar surface area (TPSA) is 63.9 Å². The van der Waals surface area contributed by atoms with Gasteiger partial charge in [-0.15, -0.1) is 0 Å². The molecular weight excluding hydrogens is 326 g/mol. The summed E-state index contributed by atoms with van der Waals surface area (Å²) in [6.07, 6.45) is 3.58. The zero-order valence-electron chi connectivity index (χ0n) is 16.1. The fourth-order valence-electron chi connectivity index (χ4n) is 9.97. The minimum Gasteiger partial charge on any atom is -0.392 e. The molecule has 3 N–H and O–H groups in total. The van der Waals surface area contributed by atoms with Crippen LogP contribution in [-0.4, -0.2) is 57.7 Å². The lowest BCUT2D eigenvalue weighted by Gasteiger charge is -2.65. The molecule has 7 bridgehead atoms. The van der Waals surface area contributed by atoms with Crippen molar-refractivity contribution in [3.8, 4) is 0 Å². The second-order valence-electron chi connectivity index (χ2n) is 10.9. The highest BCUT2D eigenvalue weighted by molar-refractivity contribution is 5.39. The number of aliphatic hydroxyl groups is 3. The third-order valence-electron chi connectivity index (χ3n) is 10.6. The fourth-order valence-corrected chi connectivity index (χ4v) is 9.97. The summed E-state index contributed by atoms with van der Waals surface area (Å²) >= 11 is 0. The summed E-state index contributed by atoms with van der Waals surface area (Å²) in [6, 6.07) is 0.373. The van der Waals surface area contributed by atoms with Gasteiger partial charge in [0.1, 0.15) is 0 Å². The van der Waals surface area contributed by atoms with Crippen molar-refractivity contribution >= 4 is 0 Å². The van der Waals surface area contributed by atoms with Crippen LogP contribution in [0.4, 0.5) is 0 Å². The van der Waals surface area contributed by atoms with Gasteiger partial charge in [0, 0.05) is 29.3 Å². The molecule has 4 nitrogen and oxygen atoms in total. The number of hydrogen-bond acceptors (Lipinski definition) is 4. The summed E-state index contributed by atoms with van der Waals surface area (Å²) in [7, 11) is 0. The summed E-state index contributed by atoms with van der Waals surface area (Å²) in [5.41, 5.74) is 0.849. The molecule has 0 amide bonds. The molecule has 5 saturated carbocycles. The highest BCUT2D eigenvalue weighted by Crippen LogP contribution is 2.83. The fraction of sp³-hybridized carbons (Fsp3) is 0.909. The Balaban J connectivity index is 1.61. The van der Waals surface area contributed by atoms with Crippen molar-refractivity contribution in [2.45, 2.75) is 70.3 Å². The predicted octanol–water partition coefficient (Wildman–Crippen LogP) is 1.79. The molecule has 0 aromatic heterocycles. The van der Waals surface area contributed by atoms with E-state index in [-0.39, 0.29) is 34.2 Å². The lowest BCUT2D eigenvalue weighted by Crippen LogP contribution is -2.68. The van der Waals surface area contributed by atoms with Crippen LogP contribution in [-0.2, 0) is 0 Å². The molecule has 144 valence electrons. The minimum atomic E-state index is -0.500. The first kappa shape index (κ1) is 16.5. The van der Waals surface area contributed by atoms with Crippen LogP contribution in [0.25, 0.3) is 0 Å². The van der Waals surface area contributed by atoms with Crippen molar-refractivity contribution in [1.29, 1.82) is 0 Å². The van der Waals surface area contributed by atoms with E-state index in [9.17, 15) is 15.3 Å². The number of nitrogens with zero attached hydrogens (tertiary/aromatic N) is 1. The van der Waals surface area contributed by atoms with Crippen molar-refractivity contribution in [2.24, 2.45) is 39.9 Å². The second-order valence-corrected chi connectivity index (χ2v) is 10.9. The van der Waals surface area contributed by atoms with Crippen LogP contribution in [0.2, 0.25) is 0 Å². The van der Waals surface area contributed by atoms with Crippen LogP contribution in [0.1, 0.15) is 46.0 Å². The summed E-state index contributed by atoms with van der Waals surface area (Å²) < 4.78 is 0. The molecule has 6 rings (SSSR count). The number of aliphatic hydroxyl groups excluding tert-OH is 3. The van der Waals surface area contributed by atoms with Gasteiger partial charge in [-0.3, -0.25) is 4.90 Å². The Hall–Kier alpha value is -0.420. The first-order valence-corrected chi connectivity index (χ1v) is 10.8. The molecule has 1 saturated heterocycles. The monoisotopic (exact) mass is 359 g/mol. The normalized spacial score (nSPS) is 65.5. The average Bonchev–Trinajstić information content (AvgIpc) is 3.14. The Labute approximate surface area is 156 Å². The van der Waals surface area contributed by atoms with Crippen LogP contribution < -0.4 is 0 Å². The maximum absolute atomic E-state index is 11.5. The number of hydrogen-bond donors (Lipinski definition) is 3. The molecule has 0 unspecified atom stereocenters. The smallest absolute Gasteiger partial charge is 0.0813 e. The second kappa shape index (κ2) is 4.59. The SMILES string of the molecule is C=C1[C@H]2C[C@]3([C@@H]1O)[C@@H]1C[C@H]4[C@]5(C)CC[C@@H](O)[C@]4([C@H]1N(CC)C5)[C@H]3C[C@@H]2O. The number of fused-ring (bicyclic) bond motifs is 1. The van der Waals surface area contributed by atoms with E-state index in [4.69, 9.17) is 0 Å². The molecule has 6 fully saturated rings. The Kier molecular flexibility index (Phi) is 2.92. The van der Waals surface area contributed by atoms with Gasteiger partial charge in [-0.2, -0.15) is 0 Å². The van der Waals surface area contributed by atoms with Crippen LogP contribution in [0.5, 0.6) is 0 Å². The van der Waals surface area contributed by atoms with Crippen molar-refractivity contribution in [3.63, 3.8) is 0 Å². The van der Waals surface area contributed by atoms with Crippen LogP contribution in [0.3, 0.4) is 0 Å². The van der Waals surface area contributed by atoms with E-state index >= 15 is 0 Å². The van der Waals surface area contributed by atoms with Gasteiger partial charge in [-0.25, -0.2) is 0 Å². The summed E-state index contributed by atoms with van der Waals surface area (Å²) in [6.45, 7) is 11.1. The van der Waals surface area contributed by atoms with E-state index in [0.717, 1.165) is 50.8 Å². The first-order valence-electron chi connectivity index (χ1n) is 10.8. The number of rotatable bonds is 1. The van der Waals surface area contributed by atoms with E-state index in [1.54, 1.807) is 0 Å². The van der Waals surface area contributed by atoms with Crippen LogP contribution in [0, 0.1) is 39.9 Å². The van der Waals surface area contributed by atoms with Crippen LogP contribution in [0.15, 0.2) is 12.2 Å². The van der Waals surface area contributed by atoms with Crippen molar-refractivity contribution in [2.75, 3.05) is 13.1 Å². The van der Waals surface area contributed by atoms with Gasteiger partial charge in [-0.1, -0.05) is 20.4 Å². The quantitative estimate of drug-likeness (QED) is 0.625. The molecule has 5 aliphatic carbocycles. The van der Waals surface area contributed by atoms with Crippen molar-refractivity contribution in [3.05, 3.63) is 12.2 Å². The largest absolute Gasteiger partial charge is 0.392 e. The Morgan fingerprint density at radius 2 is 1.96 bits per heavy atom. The van der Waals surface area contributed by atoms with Gasteiger partial charge in [0.15, 0.2) is 0 Å². The predicted molar refractivity (Wildman–Crippen MR) is 98.2 cm³/mol. The highest BCUT2D eigenvalue weighted by Gasteiger charge is 2.85. The third kappa shape index (κ3) is 1.37. The Morgan fingerprint density at radius 1 is 1.19 bits per heavy atom. The molecule has 1 heterocycles. The maximum atomic E-state index is 11.5. The summed E-state index contributed by atoms with van der Waals surface area (Å²) in [5, 5.41) is 33.8. The Morgan fingerprint density at radius 3 is 2.69 bits per heavy atom. The lowest BCUT2D eigenvalue weighted by atomic mass is 9.43. The Bertz CT molecular complexity index is 695. The van der Waals surface area contributed by atoms with E-state index in [1.807, 2.05) is 0 Å². The zero-order valence-corrected chi connectivity index (χ0v) is 16.1. The molecule has 6 aliphatic rings. The molecular formula is C22H33NO3. The third-order valence-corrected chi connectivity index (χ3v) is 10.6. The molecule has 0 aromatic rings. The molecule has 26 heavy (non-hydrogen) atoms. The molecule has 2 spiro atoms. The lowest BCUT2D eigenvalue weighted by molar-refractivity contribution is -0.218. The molecule has 4 heteroatoms. The van der Waals surface area contributed by atoms with E-state index < -0.39 is 12.2 Å². The van der Waals surface area contributed by atoms with Crippen LogP contribution >= 0.6 is 0 Å². The van der Waals surface area contributed by atoms with E-state index in [1.165, 1.54) is 0 Å². The molecule has 1 aliphatic heterocycles. The maximum Gasteiger partial charge on any atom is 0.0813 e. The first-order chi connectivity index (χ1) is 12.3. The van der Waals surface area contributed by atoms with Gasteiger partial charge >= 0.3 is 0 Å². The highest BCUT2D eigenvalue weighted by atomic mass is 16.3.